The maximum Gasteiger partial charge on any atom is 0.333 e. The van der Waals surface area contributed by atoms with E-state index in [4.69, 9.17) is 0 Å². The Morgan fingerprint density at radius 3 is 2.52 bits per heavy atom. The normalized spacial score (nSPS) is 13.2. The molecule has 0 fully saturated rings. The molecule has 7 heteroatoms. The van der Waals surface area contributed by atoms with Crippen LogP contribution in [0.3, 0.4) is 0 Å². The van der Waals surface area contributed by atoms with Crippen LogP contribution in [-0.2, 0) is 10.3 Å². The summed E-state index contributed by atoms with van der Waals surface area (Å²) in [7, 11) is 0. The third-order valence-electron chi connectivity index (χ3n) is 3.13. The van der Waals surface area contributed by atoms with Gasteiger partial charge in [-0.2, -0.15) is 0 Å². The van der Waals surface area contributed by atoms with Crippen LogP contribution in [0.15, 0.2) is 48.7 Å². The molecule has 108 valence electrons. The molecule has 0 aliphatic carbocycles. The number of pyridine rings is 1. The number of nitrogens with zero attached hydrogens (tertiary/aromatic N) is 2. The van der Waals surface area contributed by atoms with Crippen molar-refractivity contribution in [3.63, 3.8) is 0 Å². The van der Waals surface area contributed by atoms with E-state index in [1.165, 1.54) is 25.3 Å². The molecule has 1 aromatic carbocycles. The van der Waals surface area contributed by atoms with Gasteiger partial charge in [-0.1, -0.05) is 30.3 Å². The zero-order chi connectivity index (χ0) is 15.5. The molecule has 2 rings (SSSR count). The quantitative estimate of drug-likeness (QED) is 0.646. The highest BCUT2D eigenvalue weighted by molar-refractivity contribution is 5.84. The Morgan fingerprint density at radius 2 is 1.95 bits per heavy atom. The predicted molar refractivity (Wildman–Crippen MR) is 75.9 cm³/mol. The van der Waals surface area contributed by atoms with E-state index in [2.05, 4.69) is 10.3 Å². The van der Waals surface area contributed by atoms with E-state index >= 15 is 0 Å². The Morgan fingerprint density at radius 1 is 1.29 bits per heavy atom. The summed E-state index contributed by atoms with van der Waals surface area (Å²) in [6.45, 7) is 1.43. The van der Waals surface area contributed by atoms with Gasteiger partial charge in [0.15, 0.2) is 5.54 Å². The Labute approximate surface area is 120 Å². The zero-order valence-corrected chi connectivity index (χ0v) is 11.2. The van der Waals surface area contributed by atoms with Crippen LogP contribution in [0.4, 0.5) is 11.5 Å². The van der Waals surface area contributed by atoms with Gasteiger partial charge < -0.3 is 10.4 Å². The molecule has 7 nitrogen and oxygen atoms in total. The molecule has 0 bridgehead atoms. The molecule has 2 aromatic rings. The minimum absolute atomic E-state index is 0.0868. The Kier molecular flexibility index (Phi) is 3.84. The highest BCUT2D eigenvalue weighted by atomic mass is 16.6. The number of benzene rings is 1. The molecule has 0 saturated heterocycles. The molecule has 0 saturated carbocycles. The summed E-state index contributed by atoms with van der Waals surface area (Å²) in [6.07, 6.45) is 1.36. The predicted octanol–water partition coefficient (Wildman–Crippen LogP) is 2.40. The first-order valence-electron chi connectivity index (χ1n) is 6.11. The second kappa shape index (κ2) is 5.58. The third-order valence-corrected chi connectivity index (χ3v) is 3.13. The van der Waals surface area contributed by atoms with Crippen molar-refractivity contribution in [2.24, 2.45) is 0 Å². The van der Waals surface area contributed by atoms with E-state index < -0.39 is 16.4 Å². The van der Waals surface area contributed by atoms with Gasteiger partial charge in [0, 0.05) is 12.3 Å². The number of aliphatic carboxylic acids is 1. The van der Waals surface area contributed by atoms with E-state index in [1.54, 1.807) is 30.3 Å². The number of hydrogen-bond acceptors (Lipinski definition) is 5. The second-order valence-corrected chi connectivity index (χ2v) is 4.55. The van der Waals surface area contributed by atoms with Crippen molar-refractivity contribution < 1.29 is 14.8 Å². The Hall–Kier alpha value is -2.96. The summed E-state index contributed by atoms with van der Waals surface area (Å²) in [5, 5.41) is 23.2. The minimum Gasteiger partial charge on any atom is -0.479 e. The first-order valence-corrected chi connectivity index (χ1v) is 6.11. The van der Waals surface area contributed by atoms with Gasteiger partial charge in [-0.15, -0.1) is 0 Å². The molecule has 1 aromatic heterocycles. The summed E-state index contributed by atoms with van der Waals surface area (Å²) in [5.74, 6) is -1.25. The molecule has 2 N–H and O–H groups in total. The number of hydrogen-bond donors (Lipinski definition) is 2. The van der Waals surface area contributed by atoms with Crippen molar-refractivity contribution in [3.8, 4) is 0 Å². The van der Waals surface area contributed by atoms with Crippen molar-refractivity contribution >= 4 is 17.5 Å². The lowest BCUT2D eigenvalue weighted by molar-refractivity contribution is -0.384. The van der Waals surface area contributed by atoms with E-state index in [0.717, 1.165) is 0 Å². The minimum atomic E-state index is -1.53. The molecular formula is C14H13N3O4. The van der Waals surface area contributed by atoms with Gasteiger partial charge in [0.2, 0.25) is 5.82 Å². The zero-order valence-electron chi connectivity index (χ0n) is 11.2. The van der Waals surface area contributed by atoms with Gasteiger partial charge in [0.25, 0.3) is 0 Å². The topological polar surface area (TPSA) is 105 Å². The number of nitrogens with one attached hydrogen (secondary N) is 1. The van der Waals surface area contributed by atoms with Gasteiger partial charge in [0.1, 0.15) is 0 Å². The number of rotatable bonds is 5. The van der Waals surface area contributed by atoms with Crippen LogP contribution in [0.25, 0.3) is 0 Å². The van der Waals surface area contributed by atoms with Crippen LogP contribution in [0.5, 0.6) is 0 Å². The average molecular weight is 287 g/mol. The fraction of sp³-hybridized carbons (Fsp3) is 0.143. The number of carbonyl (C=O) groups is 1. The highest BCUT2D eigenvalue weighted by Crippen LogP contribution is 2.30. The number of anilines is 1. The van der Waals surface area contributed by atoms with Crippen molar-refractivity contribution in [2.45, 2.75) is 12.5 Å². The van der Waals surface area contributed by atoms with Crippen molar-refractivity contribution in [2.75, 3.05) is 5.32 Å². The number of aromatic nitrogens is 1. The lowest BCUT2D eigenvalue weighted by Crippen LogP contribution is -2.40. The van der Waals surface area contributed by atoms with Gasteiger partial charge in [-0.25, -0.2) is 9.78 Å². The molecule has 0 aliphatic rings. The molecule has 0 aliphatic heterocycles. The molecule has 1 atom stereocenters. The highest BCUT2D eigenvalue weighted by Gasteiger charge is 2.37. The van der Waals surface area contributed by atoms with E-state index in [9.17, 15) is 20.0 Å². The number of nitro groups is 1. The van der Waals surface area contributed by atoms with Crippen LogP contribution in [0.1, 0.15) is 12.5 Å². The van der Waals surface area contributed by atoms with E-state index in [-0.39, 0.29) is 11.5 Å². The maximum absolute atomic E-state index is 11.6. The van der Waals surface area contributed by atoms with Crippen LogP contribution in [0, 0.1) is 10.1 Å². The van der Waals surface area contributed by atoms with E-state index in [1.807, 2.05) is 0 Å². The standard InChI is InChI=1S/C14H13N3O4/c1-14(13(18)19,10-6-3-2-4-7-10)16-12-11(17(20)21)8-5-9-15-12/h2-9H,1H3,(H,15,16)(H,18,19). The van der Waals surface area contributed by atoms with Gasteiger partial charge >= 0.3 is 11.7 Å². The lowest BCUT2D eigenvalue weighted by atomic mass is 9.92. The molecule has 0 radical (unpaired) electrons. The Bertz CT molecular complexity index is 675. The van der Waals surface area contributed by atoms with E-state index in [0.29, 0.717) is 5.56 Å². The molecule has 1 unspecified atom stereocenters. The van der Waals surface area contributed by atoms with Gasteiger partial charge in [-0.3, -0.25) is 10.1 Å². The smallest absolute Gasteiger partial charge is 0.333 e. The molecule has 0 spiro atoms. The van der Waals surface area contributed by atoms with Crippen LogP contribution >= 0.6 is 0 Å². The van der Waals surface area contributed by atoms with Crippen molar-refractivity contribution in [3.05, 3.63) is 64.3 Å². The fourth-order valence-corrected chi connectivity index (χ4v) is 1.90. The maximum atomic E-state index is 11.6. The summed E-state index contributed by atoms with van der Waals surface area (Å²) < 4.78 is 0. The van der Waals surface area contributed by atoms with Crippen molar-refractivity contribution in [1.29, 1.82) is 0 Å². The second-order valence-electron chi connectivity index (χ2n) is 4.55. The molecule has 21 heavy (non-hydrogen) atoms. The molecule has 0 amide bonds. The molecule has 1 heterocycles. The number of carboxylic acid groups (broad SMARTS) is 1. The monoisotopic (exact) mass is 287 g/mol. The fourth-order valence-electron chi connectivity index (χ4n) is 1.90. The molecular weight excluding hydrogens is 274 g/mol. The van der Waals surface area contributed by atoms with Crippen molar-refractivity contribution in [1.82, 2.24) is 4.98 Å². The summed E-state index contributed by atoms with van der Waals surface area (Å²) in [5.41, 5.74) is -1.33. The SMILES string of the molecule is CC(Nc1ncccc1[N+](=O)[O-])(C(=O)O)c1ccccc1. The first-order chi connectivity index (χ1) is 9.95. The third kappa shape index (κ3) is 2.81. The summed E-state index contributed by atoms with van der Waals surface area (Å²) in [6, 6.07) is 11.1. The Balaban J connectivity index is 2.48. The lowest BCUT2D eigenvalue weighted by Gasteiger charge is -2.27. The summed E-state index contributed by atoms with van der Waals surface area (Å²) in [4.78, 5) is 25.9. The van der Waals surface area contributed by atoms with Crippen LogP contribution in [0.2, 0.25) is 0 Å². The first kappa shape index (κ1) is 14.4. The van der Waals surface area contributed by atoms with Gasteiger partial charge in [-0.05, 0) is 18.6 Å². The van der Waals surface area contributed by atoms with Gasteiger partial charge in [0.05, 0.1) is 4.92 Å². The van der Waals surface area contributed by atoms with Crippen LogP contribution in [-0.4, -0.2) is 21.0 Å². The number of carboxylic acids is 1. The largest absolute Gasteiger partial charge is 0.479 e. The van der Waals surface area contributed by atoms with Crippen LogP contribution < -0.4 is 5.32 Å². The summed E-state index contributed by atoms with van der Waals surface area (Å²) >= 11 is 0. The average Bonchev–Trinajstić information content (AvgIpc) is 2.48.